The molecule has 2 N–H and O–H groups in total. The highest BCUT2D eigenvalue weighted by Gasteiger charge is 2.26. The second kappa shape index (κ2) is 3.81. The number of aromatic nitrogens is 2. The fourth-order valence-electron chi connectivity index (χ4n) is 1.42. The Morgan fingerprint density at radius 2 is 2.31 bits per heavy atom. The van der Waals surface area contributed by atoms with E-state index < -0.39 is 0 Å². The molecule has 0 amide bonds. The second-order valence-corrected chi connectivity index (χ2v) is 3.40. The first-order valence-electron chi connectivity index (χ1n) is 4.51. The molecule has 0 radical (unpaired) electrons. The minimum atomic E-state index is -0.0978. The van der Waals surface area contributed by atoms with Gasteiger partial charge >= 0.3 is 0 Å². The van der Waals surface area contributed by atoms with E-state index in [9.17, 15) is 0 Å². The summed E-state index contributed by atoms with van der Waals surface area (Å²) in [5.41, 5.74) is 0.948. The van der Waals surface area contributed by atoms with Crippen LogP contribution >= 0.6 is 0 Å². The van der Waals surface area contributed by atoms with Crippen molar-refractivity contribution in [3.8, 4) is 0 Å². The van der Waals surface area contributed by atoms with Crippen LogP contribution in [0.3, 0.4) is 0 Å². The van der Waals surface area contributed by atoms with Crippen LogP contribution in [-0.2, 0) is 6.54 Å². The van der Waals surface area contributed by atoms with Gasteiger partial charge in [-0.3, -0.25) is 9.97 Å². The van der Waals surface area contributed by atoms with E-state index in [2.05, 4.69) is 15.3 Å². The Bertz CT molecular complexity index is 259. The molecule has 13 heavy (non-hydrogen) atoms. The molecule has 70 valence electrons. The van der Waals surface area contributed by atoms with E-state index in [1.807, 2.05) is 0 Å². The summed E-state index contributed by atoms with van der Waals surface area (Å²) in [5.74, 6) is 0. The van der Waals surface area contributed by atoms with Crippen molar-refractivity contribution in [1.82, 2.24) is 15.3 Å². The standard InChI is InChI=1S/C9H13N3O/c13-9-3-7(4-9)12-6-8-5-10-1-2-11-8/h1-2,5,7,9,12-13H,3-4,6H2. The largest absolute Gasteiger partial charge is 0.393 e. The van der Waals surface area contributed by atoms with Crippen molar-refractivity contribution in [3.63, 3.8) is 0 Å². The third kappa shape index (κ3) is 2.23. The lowest BCUT2D eigenvalue weighted by Crippen LogP contribution is -2.43. The highest BCUT2D eigenvalue weighted by atomic mass is 16.3. The molecule has 0 atom stereocenters. The number of nitrogens with one attached hydrogen (secondary N) is 1. The molecule has 1 aliphatic carbocycles. The average Bonchev–Trinajstić information content (AvgIpc) is 2.12. The van der Waals surface area contributed by atoms with Gasteiger partial charge < -0.3 is 10.4 Å². The van der Waals surface area contributed by atoms with Crippen LogP contribution in [-0.4, -0.2) is 27.2 Å². The molecule has 1 heterocycles. The van der Waals surface area contributed by atoms with Crippen LogP contribution in [0.25, 0.3) is 0 Å². The van der Waals surface area contributed by atoms with Gasteiger partial charge in [0.2, 0.25) is 0 Å². The highest BCUT2D eigenvalue weighted by molar-refractivity contribution is 4.95. The van der Waals surface area contributed by atoms with E-state index in [4.69, 9.17) is 5.11 Å². The molecule has 1 saturated carbocycles. The fourth-order valence-corrected chi connectivity index (χ4v) is 1.42. The van der Waals surface area contributed by atoms with Crippen molar-refractivity contribution in [2.24, 2.45) is 0 Å². The van der Waals surface area contributed by atoms with Gasteiger partial charge in [0, 0.05) is 31.2 Å². The topological polar surface area (TPSA) is 58.0 Å². The van der Waals surface area contributed by atoms with Gasteiger partial charge in [-0.05, 0) is 12.8 Å². The van der Waals surface area contributed by atoms with Crippen molar-refractivity contribution in [3.05, 3.63) is 24.3 Å². The van der Waals surface area contributed by atoms with Crippen molar-refractivity contribution in [1.29, 1.82) is 0 Å². The molecule has 1 aliphatic rings. The summed E-state index contributed by atoms with van der Waals surface area (Å²) in [6.45, 7) is 0.741. The fraction of sp³-hybridized carbons (Fsp3) is 0.556. The van der Waals surface area contributed by atoms with E-state index in [1.54, 1.807) is 18.6 Å². The van der Waals surface area contributed by atoms with Crippen LogP contribution in [0, 0.1) is 0 Å². The molecule has 2 rings (SSSR count). The molecule has 0 bridgehead atoms. The van der Waals surface area contributed by atoms with Gasteiger partial charge in [0.25, 0.3) is 0 Å². The number of hydrogen-bond donors (Lipinski definition) is 2. The second-order valence-electron chi connectivity index (χ2n) is 3.40. The molecule has 4 heteroatoms. The van der Waals surface area contributed by atoms with Gasteiger partial charge in [0.05, 0.1) is 11.8 Å². The third-order valence-electron chi connectivity index (χ3n) is 2.30. The zero-order valence-electron chi connectivity index (χ0n) is 7.35. The van der Waals surface area contributed by atoms with Gasteiger partial charge in [0.15, 0.2) is 0 Å². The lowest BCUT2D eigenvalue weighted by Gasteiger charge is -2.31. The molecular weight excluding hydrogens is 166 g/mol. The first kappa shape index (κ1) is 8.59. The van der Waals surface area contributed by atoms with Crippen LogP contribution in [0.2, 0.25) is 0 Å². The maximum absolute atomic E-state index is 9.05. The van der Waals surface area contributed by atoms with Crippen molar-refractivity contribution in [2.45, 2.75) is 31.5 Å². The third-order valence-corrected chi connectivity index (χ3v) is 2.30. The number of nitrogens with zero attached hydrogens (tertiary/aromatic N) is 2. The summed E-state index contributed by atoms with van der Waals surface area (Å²) in [6.07, 6.45) is 6.73. The number of hydrogen-bond acceptors (Lipinski definition) is 4. The quantitative estimate of drug-likeness (QED) is 0.690. The van der Waals surface area contributed by atoms with Gasteiger partial charge in [-0.2, -0.15) is 0 Å². The maximum atomic E-state index is 9.05. The molecule has 1 aromatic heterocycles. The predicted octanol–water partition coefficient (Wildman–Crippen LogP) is 0.0895. The molecule has 4 nitrogen and oxygen atoms in total. The molecule has 0 aromatic carbocycles. The van der Waals surface area contributed by atoms with E-state index in [-0.39, 0.29) is 6.10 Å². The molecule has 0 unspecified atom stereocenters. The number of aliphatic hydroxyl groups excluding tert-OH is 1. The normalized spacial score (nSPS) is 26.8. The zero-order chi connectivity index (χ0) is 9.10. The van der Waals surface area contributed by atoms with E-state index in [0.717, 1.165) is 25.1 Å². The van der Waals surface area contributed by atoms with E-state index >= 15 is 0 Å². The Hall–Kier alpha value is -1.00. The highest BCUT2D eigenvalue weighted by Crippen LogP contribution is 2.19. The Labute approximate surface area is 77.0 Å². The Kier molecular flexibility index (Phi) is 2.52. The van der Waals surface area contributed by atoms with Gasteiger partial charge in [0.1, 0.15) is 0 Å². The molecular formula is C9H13N3O. The summed E-state index contributed by atoms with van der Waals surface area (Å²) in [4.78, 5) is 8.11. The monoisotopic (exact) mass is 179 g/mol. The minimum Gasteiger partial charge on any atom is -0.393 e. The van der Waals surface area contributed by atoms with E-state index in [0.29, 0.717) is 6.04 Å². The Morgan fingerprint density at radius 3 is 2.92 bits per heavy atom. The Balaban J connectivity index is 1.74. The van der Waals surface area contributed by atoms with Crippen molar-refractivity contribution >= 4 is 0 Å². The van der Waals surface area contributed by atoms with Gasteiger partial charge in [-0.1, -0.05) is 0 Å². The predicted molar refractivity (Wildman–Crippen MR) is 47.9 cm³/mol. The Morgan fingerprint density at radius 1 is 1.46 bits per heavy atom. The summed E-state index contributed by atoms with van der Waals surface area (Å²) in [7, 11) is 0. The zero-order valence-corrected chi connectivity index (χ0v) is 7.35. The van der Waals surface area contributed by atoms with Crippen molar-refractivity contribution in [2.75, 3.05) is 0 Å². The maximum Gasteiger partial charge on any atom is 0.0724 e. The molecule has 0 aliphatic heterocycles. The van der Waals surface area contributed by atoms with Crippen molar-refractivity contribution < 1.29 is 5.11 Å². The smallest absolute Gasteiger partial charge is 0.0724 e. The summed E-state index contributed by atoms with van der Waals surface area (Å²) < 4.78 is 0. The first-order chi connectivity index (χ1) is 6.34. The number of rotatable bonds is 3. The van der Waals surface area contributed by atoms with Crippen LogP contribution in [0.4, 0.5) is 0 Å². The number of aliphatic hydroxyl groups is 1. The van der Waals surface area contributed by atoms with Gasteiger partial charge in [-0.25, -0.2) is 0 Å². The van der Waals surface area contributed by atoms with E-state index in [1.165, 1.54) is 0 Å². The minimum absolute atomic E-state index is 0.0978. The lowest BCUT2D eigenvalue weighted by molar-refractivity contribution is 0.0618. The summed E-state index contributed by atoms with van der Waals surface area (Å²) in [6, 6.07) is 0.456. The SMILES string of the molecule is OC1CC(NCc2cnccn2)C1. The summed E-state index contributed by atoms with van der Waals surface area (Å²) >= 11 is 0. The van der Waals surface area contributed by atoms with Gasteiger partial charge in [-0.15, -0.1) is 0 Å². The van der Waals surface area contributed by atoms with Crippen LogP contribution in [0.15, 0.2) is 18.6 Å². The molecule has 0 saturated heterocycles. The van der Waals surface area contributed by atoms with Crippen LogP contribution in [0.1, 0.15) is 18.5 Å². The molecule has 1 fully saturated rings. The van der Waals surface area contributed by atoms with Crippen LogP contribution in [0.5, 0.6) is 0 Å². The lowest BCUT2D eigenvalue weighted by atomic mass is 9.89. The van der Waals surface area contributed by atoms with Crippen LogP contribution < -0.4 is 5.32 Å². The molecule has 0 spiro atoms. The average molecular weight is 179 g/mol. The first-order valence-corrected chi connectivity index (χ1v) is 4.51. The summed E-state index contributed by atoms with van der Waals surface area (Å²) in [5, 5.41) is 12.4. The molecule has 1 aromatic rings.